The summed E-state index contributed by atoms with van der Waals surface area (Å²) in [5.74, 6) is 2.34. The molecule has 172 valence electrons. The van der Waals surface area contributed by atoms with Crippen molar-refractivity contribution in [2.45, 2.75) is 39.5 Å². The third-order valence-electron chi connectivity index (χ3n) is 4.30. The highest BCUT2D eigenvalue weighted by atomic mass is 19.4. The average molecular weight is 442 g/mol. The molecule has 1 aromatic carbocycles. The van der Waals surface area contributed by atoms with Gasteiger partial charge in [0.05, 0.1) is 13.1 Å². The van der Waals surface area contributed by atoms with E-state index in [9.17, 15) is 13.2 Å². The predicted octanol–water partition coefficient (Wildman–Crippen LogP) is 2.73. The fourth-order valence-electron chi connectivity index (χ4n) is 2.49. The van der Waals surface area contributed by atoms with Crippen molar-refractivity contribution < 1.29 is 22.6 Å². The molecule has 1 heterocycles. The van der Waals surface area contributed by atoms with Crippen LogP contribution < -0.4 is 15.4 Å². The maximum atomic E-state index is 12.2. The fourth-order valence-corrected chi connectivity index (χ4v) is 2.49. The van der Waals surface area contributed by atoms with Gasteiger partial charge in [0.25, 0.3) is 0 Å². The number of hydrogen-bond acceptors (Lipinski definition) is 5. The Morgan fingerprint density at radius 2 is 1.90 bits per heavy atom. The summed E-state index contributed by atoms with van der Waals surface area (Å²) in [6.45, 7) is 5.30. The zero-order valence-corrected chi connectivity index (χ0v) is 18.0. The van der Waals surface area contributed by atoms with E-state index in [1.807, 2.05) is 25.5 Å². The molecule has 0 amide bonds. The number of guanidine groups is 1. The minimum atomic E-state index is -4.36. The topological polar surface area (TPSA) is 85.6 Å². The van der Waals surface area contributed by atoms with Gasteiger partial charge in [0, 0.05) is 26.8 Å². The van der Waals surface area contributed by atoms with Gasteiger partial charge in [-0.1, -0.05) is 12.1 Å². The number of alkyl halides is 3. The van der Waals surface area contributed by atoms with Crippen molar-refractivity contribution in [1.82, 2.24) is 25.4 Å². The van der Waals surface area contributed by atoms with Crippen LogP contribution in [0.25, 0.3) is 0 Å². The van der Waals surface area contributed by atoms with E-state index in [1.54, 1.807) is 12.1 Å². The van der Waals surface area contributed by atoms with Crippen molar-refractivity contribution in [3.63, 3.8) is 0 Å². The third-order valence-corrected chi connectivity index (χ3v) is 4.30. The van der Waals surface area contributed by atoms with Gasteiger partial charge in [0.2, 0.25) is 0 Å². The number of hydrogen-bond donors (Lipinski definition) is 2. The van der Waals surface area contributed by atoms with Gasteiger partial charge in [0.15, 0.2) is 18.4 Å². The number of aliphatic imine (C=N–C) groups is 1. The molecule has 2 N–H and O–H groups in total. The Morgan fingerprint density at radius 3 is 2.52 bits per heavy atom. The molecule has 0 aliphatic heterocycles. The zero-order valence-electron chi connectivity index (χ0n) is 18.0. The molecule has 0 saturated heterocycles. The van der Waals surface area contributed by atoms with E-state index in [0.29, 0.717) is 38.8 Å². The summed E-state index contributed by atoms with van der Waals surface area (Å²) < 4.78 is 48.7. The van der Waals surface area contributed by atoms with Gasteiger partial charge in [-0.05, 0) is 38.0 Å². The van der Waals surface area contributed by atoms with Crippen LogP contribution in [0.5, 0.6) is 5.75 Å². The maximum absolute atomic E-state index is 12.2. The second-order valence-electron chi connectivity index (χ2n) is 6.77. The van der Waals surface area contributed by atoms with Crippen LogP contribution in [0.15, 0.2) is 29.3 Å². The maximum Gasteiger partial charge on any atom is 0.422 e. The van der Waals surface area contributed by atoms with E-state index in [-0.39, 0.29) is 5.75 Å². The molecule has 0 aliphatic carbocycles. The first-order chi connectivity index (χ1) is 14.8. The van der Waals surface area contributed by atoms with Crippen molar-refractivity contribution in [2.75, 3.05) is 26.4 Å². The molecular formula is C20H29F3N6O2. The minimum Gasteiger partial charge on any atom is -0.484 e. The van der Waals surface area contributed by atoms with Crippen LogP contribution in [0.3, 0.4) is 0 Å². The fraction of sp³-hybridized carbons (Fsp3) is 0.550. The van der Waals surface area contributed by atoms with E-state index in [0.717, 1.165) is 23.6 Å². The molecule has 0 fully saturated rings. The first-order valence-electron chi connectivity index (χ1n) is 10.0. The van der Waals surface area contributed by atoms with Crippen LogP contribution in [-0.4, -0.2) is 53.3 Å². The molecular weight excluding hydrogens is 413 g/mol. The Balaban J connectivity index is 1.94. The first kappa shape index (κ1) is 24.4. The molecule has 0 aliphatic rings. The molecule has 2 rings (SSSR count). The average Bonchev–Trinajstić information content (AvgIpc) is 3.06. The lowest BCUT2D eigenvalue weighted by Crippen LogP contribution is -2.38. The Morgan fingerprint density at radius 1 is 1.16 bits per heavy atom. The van der Waals surface area contributed by atoms with Crippen molar-refractivity contribution in [2.24, 2.45) is 12.0 Å². The minimum absolute atomic E-state index is 0.162. The molecule has 0 saturated carbocycles. The van der Waals surface area contributed by atoms with Gasteiger partial charge >= 0.3 is 6.18 Å². The predicted molar refractivity (Wildman–Crippen MR) is 111 cm³/mol. The molecule has 0 bridgehead atoms. The van der Waals surface area contributed by atoms with Crippen molar-refractivity contribution in [3.05, 3.63) is 41.5 Å². The number of rotatable bonds is 11. The zero-order chi connectivity index (χ0) is 22.7. The van der Waals surface area contributed by atoms with Crippen LogP contribution >= 0.6 is 0 Å². The number of nitrogens with one attached hydrogen (secondary N) is 2. The molecule has 8 nitrogen and oxygen atoms in total. The van der Waals surface area contributed by atoms with Gasteiger partial charge in [-0.3, -0.25) is 0 Å². The van der Waals surface area contributed by atoms with Gasteiger partial charge < -0.3 is 24.7 Å². The SMILES string of the molecule is CCOCCCNC(=NCc1ccc(OCC(F)(F)F)cc1)NCc1nnc(C)n1C. The van der Waals surface area contributed by atoms with Gasteiger partial charge in [-0.25, -0.2) is 4.99 Å². The highest BCUT2D eigenvalue weighted by Gasteiger charge is 2.28. The Labute approximate surface area is 179 Å². The summed E-state index contributed by atoms with van der Waals surface area (Å²) in [6, 6.07) is 6.38. The Hall–Kier alpha value is -2.82. The number of benzene rings is 1. The molecule has 0 radical (unpaired) electrons. The molecule has 1 aromatic heterocycles. The smallest absolute Gasteiger partial charge is 0.422 e. The second-order valence-corrected chi connectivity index (χ2v) is 6.77. The Kier molecular flexibility index (Phi) is 9.57. The standard InChI is InChI=1S/C20H29F3N6O2/c1-4-30-11-5-10-24-19(26-13-18-28-27-15(2)29(18)3)25-12-16-6-8-17(9-7-16)31-14-20(21,22)23/h6-9H,4-5,10-14H2,1-3H3,(H2,24,25,26). The number of aryl methyl sites for hydroxylation is 1. The number of halogens is 3. The number of ether oxygens (including phenoxy) is 2. The molecule has 11 heteroatoms. The van der Waals surface area contributed by atoms with Gasteiger partial charge in [0.1, 0.15) is 11.6 Å². The van der Waals surface area contributed by atoms with E-state index >= 15 is 0 Å². The van der Waals surface area contributed by atoms with Crippen LogP contribution in [0.1, 0.15) is 30.6 Å². The molecule has 0 atom stereocenters. The third kappa shape index (κ3) is 9.24. The number of nitrogens with zero attached hydrogens (tertiary/aromatic N) is 4. The van der Waals surface area contributed by atoms with Crippen LogP contribution in [0.2, 0.25) is 0 Å². The largest absolute Gasteiger partial charge is 0.484 e. The van der Waals surface area contributed by atoms with Crippen molar-refractivity contribution in [3.8, 4) is 5.75 Å². The monoisotopic (exact) mass is 442 g/mol. The number of aromatic nitrogens is 3. The van der Waals surface area contributed by atoms with Crippen LogP contribution in [0, 0.1) is 6.92 Å². The molecule has 0 spiro atoms. The summed E-state index contributed by atoms with van der Waals surface area (Å²) in [6.07, 6.45) is -3.54. The van der Waals surface area contributed by atoms with Crippen LogP contribution in [0.4, 0.5) is 13.2 Å². The van der Waals surface area contributed by atoms with Gasteiger partial charge in [-0.2, -0.15) is 13.2 Å². The molecule has 2 aromatic rings. The Bertz CT molecular complexity index is 821. The lowest BCUT2D eigenvalue weighted by Gasteiger charge is -2.13. The van der Waals surface area contributed by atoms with Gasteiger partial charge in [-0.15, -0.1) is 10.2 Å². The normalized spacial score (nSPS) is 12.1. The van der Waals surface area contributed by atoms with E-state index in [1.165, 1.54) is 12.1 Å². The lowest BCUT2D eigenvalue weighted by atomic mass is 10.2. The van der Waals surface area contributed by atoms with E-state index in [4.69, 9.17) is 9.47 Å². The summed E-state index contributed by atoms with van der Waals surface area (Å²) in [7, 11) is 1.89. The second kappa shape index (κ2) is 12.1. The lowest BCUT2D eigenvalue weighted by molar-refractivity contribution is -0.153. The highest BCUT2D eigenvalue weighted by molar-refractivity contribution is 5.79. The summed E-state index contributed by atoms with van der Waals surface area (Å²) in [5.41, 5.74) is 0.837. The van der Waals surface area contributed by atoms with Crippen molar-refractivity contribution in [1.29, 1.82) is 0 Å². The molecule has 0 unspecified atom stereocenters. The summed E-state index contributed by atoms with van der Waals surface area (Å²) in [4.78, 5) is 4.55. The van der Waals surface area contributed by atoms with Crippen molar-refractivity contribution >= 4 is 5.96 Å². The van der Waals surface area contributed by atoms with Crippen LogP contribution in [-0.2, 0) is 24.9 Å². The molecule has 31 heavy (non-hydrogen) atoms. The summed E-state index contributed by atoms with van der Waals surface area (Å²) in [5, 5.41) is 14.6. The first-order valence-corrected chi connectivity index (χ1v) is 10.0. The van der Waals surface area contributed by atoms with E-state index < -0.39 is 12.8 Å². The summed E-state index contributed by atoms with van der Waals surface area (Å²) >= 11 is 0. The highest BCUT2D eigenvalue weighted by Crippen LogP contribution is 2.19. The van der Waals surface area contributed by atoms with E-state index in [2.05, 4.69) is 25.8 Å². The quantitative estimate of drug-likeness (QED) is 0.316.